The molecule has 0 aliphatic carbocycles. The number of nitrogens with one attached hydrogen (secondary N) is 3. The molecule has 3 N–H and O–H groups in total. The molecule has 1 amide bonds. The zero-order valence-corrected chi connectivity index (χ0v) is 14.9. The zero-order chi connectivity index (χ0) is 16.5. The van der Waals surface area contributed by atoms with Gasteiger partial charge in [0.25, 0.3) is 0 Å². The van der Waals surface area contributed by atoms with Crippen LogP contribution in [0.25, 0.3) is 0 Å². The second-order valence-corrected chi connectivity index (χ2v) is 7.67. The number of rotatable bonds is 6. The molecule has 0 bridgehead atoms. The van der Waals surface area contributed by atoms with Gasteiger partial charge in [-0.3, -0.25) is 9.79 Å². The van der Waals surface area contributed by atoms with Crippen LogP contribution in [0.5, 0.6) is 0 Å². The van der Waals surface area contributed by atoms with E-state index in [1.807, 2.05) is 20.8 Å². The van der Waals surface area contributed by atoms with Gasteiger partial charge in [0.15, 0.2) is 5.96 Å². The number of hydrogen-bond acceptors (Lipinski definition) is 2. The van der Waals surface area contributed by atoms with Gasteiger partial charge in [-0.2, -0.15) is 0 Å². The highest BCUT2D eigenvalue weighted by Gasteiger charge is 2.13. The van der Waals surface area contributed by atoms with E-state index in [1.165, 1.54) is 12.8 Å². The van der Waals surface area contributed by atoms with Crippen molar-refractivity contribution in [3.05, 3.63) is 0 Å². The van der Waals surface area contributed by atoms with Crippen LogP contribution in [0.3, 0.4) is 0 Å². The maximum atomic E-state index is 11.7. The van der Waals surface area contributed by atoms with Crippen molar-refractivity contribution < 1.29 is 4.79 Å². The van der Waals surface area contributed by atoms with Crippen LogP contribution < -0.4 is 16.0 Å². The van der Waals surface area contributed by atoms with Gasteiger partial charge in [0.1, 0.15) is 0 Å². The second-order valence-electron chi connectivity index (χ2n) is 7.67. The van der Waals surface area contributed by atoms with Crippen molar-refractivity contribution in [3.8, 4) is 0 Å². The van der Waals surface area contributed by atoms with Gasteiger partial charge >= 0.3 is 0 Å². The van der Waals surface area contributed by atoms with Crippen molar-refractivity contribution in [1.82, 2.24) is 16.0 Å². The van der Waals surface area contributed by atoms with E-state index in [0.29, 0.717) is 11.4 Å². The molecule has 0 aromatic heterocycles. The summed E-state index contributed by atoms with van der Waals surface area (Å²) in [6.45, 7) is 13.8. The Balaban J connectivity index is 3.85. The van der Waals surface area contributed by atoms with Crippen LogP contribution in [-0.4, -0.2) is 37.5 Å². The summed E-state index contributed by atoms with van der Waals surface area (Å²) in [7, 11) is 1.71. The predicted molar refractivity (Wildman–Crippen MR) is 90.6 cm³/mol. The van der Waals surface area contributed by atoms with Crippen molar-refractivity contribution in [2.45, 2.75) is 66.3 Å². The van der Waals surface area contributed by atoms with Crippen molar-refractivity contribution in [1.29, 1.82) is 0 Å². The maximum absolute atomic E-state index is 11.7. The van der Waals surface area contributed by atoms with Crippen molar-refractivity contribution in [3.63, 3.8) is 0 Å². The van der Waals surface area contributed by atoms with Crippen molar-refractivity contribution >= 4 is 11.9 Å². The van der Waals surface area contributed by atoms with Gasteiger partial charge in [-0.15, -0.1) is 0 Å². The number of amides is 1. The van der Waals surface area contributed by atoms with E-state index in [2.05, 4.69) is 41.7 Å². The Morgan fingerprint density at radius 3 is 2.10 bits per heavy atom. The van der Waals surface area contributed by atoms with Gasteiger partial charge < -0.3 is 16.0 Å². The third kappa shape index (κ3) is 13.5. The quantitative estimate of drug-likeness (QED) is 0.400. The molecule has 0 heterocycles. The number of hydrogen-bond donors (Lipinski definition) is 3. The molecule has 21 heavy (non-hydrogen) atoms. The molecule has 5 nitrogen and oxygen atoms in total. The average Bonchev–Trinajstić information content (AvgIpc) is 2.29. The van der Waals surface area contributed by atoms with E-state index in [1.54, 1.807) is 7.05 Å². The monoisotopic (exact) mass is 298 g/mol. The zero-order valence-electron chi connectivity index (χ0n) is 14.9. The molecule has 0 aliphatic heterocycles. The van der Waals surface area contributed by atoms with E-state index in [0.717, 1.165) is 13.0 Å². The van der Waals surface area contributed by atoms with Crippen LogP contribution in [0.15, 0.2) is 4.99 Å². The molecule has 5 heteroatoms. The van der Waals surface area contributed by atoms with Gasteiger partial charge in [-0.1, -0.05) is 27.2 Å². The summed E-state index contributed by atoms with van der Waals surface area (Å²) in [6, 6.07) is 0. The normalized spacial score (nSPS) is 13.0. The van der Waals surface area contributed by atoms with Crippen LogP contribution in [0.2, 0.25) is 0 Å². The fraction of sp³-hybridized carbons (Fsp3) is 0.875. The number of carbonyl (C=O) groups is 1. The van der Waals surface area contributed by atoms with Gasteiger partial charge in [-0.05, 0) is 39.0 Å². The van der Waals surface area contributed by atoms with E-state index in [4.69, 9.17) is 0 Å². The first kappa shape index (κ1) is 19.7. The molecule has 0 rings (SSSR count). The van der Waals surface area contributed by atoms with E-state index in [-0.39, 0.29) is 18.0 Å². The second kappa shape index (κ2) is 8.90. The minimum Gasteiger partial charge on any atom is -0.356 e. The van der Waals surface area contributed by atoms with Gasteiger partial charge in [0, 0.05) is 19.1 Å². The Bertz CT molecular complexity index is 337. The van der Waals surface area contributed by atoms with E-state index < -0.39 is 0 Å². The average molecular weight is 298 g/mol. The lowest BCUT2D eigenvalue weighted by atomic mass is 9.90. The van der Waals surface area contributed by atoms with Crippen LogP contribution in [-0.2, 0) is 4.79 Å². The molecular formula is C16H34N4O. The number of carbonyl (C=O) groups excluding carboxylic acids is 1. The molecule has 0 fully saturated rings. The van der Waals surface area contributed by atoms with Crippen molar-refractivity contribution in [2.24, 2.45) is 10.4 Å². The molecule has 0 radical (unpaired) electrons. The highest BCUT2D eigenvalue weighted by molar-refractivity contribution is 5.86. The largest absolute Gasteiger partial charge is 0.356 e. The molecule has 0 unspecified atom stereocenters. The first-order chi connectivity index (χ1) is 9.53. The minimum absolute atomic E-state index is 0.0295. The van der Waals surface area contributed by atoms with Crippen LogP contribution in [0.1, 0.15) is 60.8 Å². The summed E-state index contributed by atoms with van der Waals surface area (Å²) in [5.74, 6) is 0.646. The Morgan fingerprint density at radius 1 is 1.00 bits per heavy atom. The molecule has 0 aliphatic rings. The van der Waals surface area contributed by atoms with Gasteiger partial charge in [0.05, 0.1) is 6.54 Å². The molecule has 0 aromatic rings. The Morgan fingerprint density at radius 2 is 1.62 bits per heavy atom. The highest BCUT2D eigenvalue weighted by atomic mass is 16.2. The summed E-state index contributed by atoms with van der Waals surface area (Å²) in [6.07, 6.45) is 3.51. The van der Waals surface area contributed by atoms with E-state index in [9.17, 15) is 4.79 Å². The lowest BCUT2D eigenvalue weighted by Crippen LogP contribution is -2.48. The SMILES string of the molecule is CN=C(NCCCCC(C)(C)C)NCC(=O)NC(C)(C)C. The summed E-state index contributed by atoms with van der Waals surface area (Å²) in [4.78, 5) is 15.8. The molecule has 0 atom stereocenters. The fourth-order valence-electron chi connectivity index (χ4n) is 1.83. The van der Waals surface area contributed by atoms with E-state index >= 15 is 0 Å². The Labute approximate surface area is 130 Å². The van der Waals surface area contributed by atoms with Crippen LogP contribution in [0, 0.1) is 5.41 Å². The molecule has 0 aromatic carbocycles. The number of aliphatic imine (C=N–C) groups is 1. The summed E-state index contributed by atoms with van der Waals surface area (Å²) in [5.41, 5.74) is 0.188. The molecular weight excluding hydrogens is 264 g/mol. The smallest absolute Gasteiger partial charge is 0.239 e. The van der Waals surface area contributed by atoms with Crippen LogP contribution >= 0.6 is 0 Å². The number of guanidine groups is 1. The topological polar surface area (TPSA) is 65.5 Å². The fourth-order valence-corrected chi connectivity index (χ4v) is 1.83. The molecule has 0 saturated heterocycles. The lowest BCUT2D eigenvalue weighted by Gasteiger charge is -2.21. The first-order valence-electron chi connectivity index (χ1n) is 7.79. The number of unbranched alkanes of at least 4 members (excludes halogenated alkanes) is 1. The summed E-state index contributed by atoms with van der Waals surface area (Å²) in [5, 5.41) is 9.17. The highest BCUT2D eigenvalue weighted by Crippen LogP contribution is 2.21. The van der Waals surface area contributed by atoms with Gasteiger partial charge in [-0.25, -0.2) is 0 Å². The lowest BCUT2D eigenvalue weighted by molar-refractivity contribution is -0.121. The Kier molecular flexibility index (Phi) is 8.37. The maximum Gasteiger partial charge on any atom is 0.239 e. The summed E-state index contributed by atoms with van der Waals surface area (Å²) >= 11 is 0. The third-order valence-corrected chi connectivity index (χ3v) is 2.80. The van der Waals surface area contributed by atoms with Crippen molar-refractivity contribution in [2.75, 3.05) is 20.1 Å². The Hall–Kier alpha value is -1.26. The summed E-state index contributed by atoms with van der Waals surface area (Å²) < 4.78 is 0. The standard InChI is InChI=1S/C16H34N4O/c1-15(2,3)10-8-9-11-18-14(17-7)19-12-13(21)20-16(4,5)6/h8-12H2,1-7H3,(H,20,21)(H2,17,18,19). The van der Waals surface area contributed by atoms with Crippen LogP contribution in [0.4, 0.5) is 0 Å². The first-order valence-corrected chi connectivity index (χ1v) is 7.79. The minimum atomic E-state index is -0.206. The molecule has 0 saturated carbocycles. The third-order valence-electron chi connectivity index (χ3n) is 2.80. The molecule has 0 spiro atoms. The predicted octanol–water partition coefficient (Wildman–Crippen LogP) is 2.28. The van der Waals surface area contributed by atoms with Gasteiger partial charge in [0.2, 0.25) is 5.91 Å². The molecule has 124 valence electrons. The number of nitrogens with zero attached hydrogens (tertiary/aromatic N) is 1.